The second kappa shape index (κ2) is 8.86. The minimum absolute atomic E-state index is 0.315. The summed E-state index contributed by atoms with van der Waals surface area (Å²) in [5.74, 6) is -0.579. The summed E-state index contributed by atoms with van der Waals surface area (Å²) in [4.78, 5) is 29.9. The normalized spacial score (nSPS) is 13.0. The molecule has 0 saturated heterocycles. The van der Waals surface area contributed by atoms with Gasteiger partial charge in [0.2, 0.25) is 0 Å². The number of para-hydroxylation sites is 2. The number of rotatable bonds is 6. The quantitative estimate of drug-likeness (QED) is 0.584. The number of aromatic nitrogens is 1. The van der Waals surface area contributed by atoms with Gasteiger partial charge in [-0.1, -0.05) is 50.2 Å². The Bertz CT molecular complexity index is 1050. The van der Waals surface area contributed by atoms with Crippen LogP contribution in [0.4, 0.5) is 5.69 Å². The third-order valence-electron chi connectivity index (χ3n) is 5.08. The molecule has 0 fully saturated rings. The predicted octanol–water partition coefficient (Wildman–Crippen LogP) is 5.24. The summed E-state index contributed by atoms with van der Waals surface area (Å²) in [7, 11) is 0. The van der Waals surface area contributed by atoms with Crippen molar-refractivity contribution < 1.29 is 14.3 Å². The van der Waals surface area contributed by atoms with E-state index in [1.165, 1.54) is 0 Å². The van der Waals surface area contributed by atoms with Gasteiger partial charge in [-0.3, -0.25) is 9.78 Å². The summed E-state index contributed by atoms with van der Waals surface area (Å²) >= 11 is 0. The van der Waals surface area contributed by atoms with Crippen LogP contribution in [0, 0.1) is 6.92 Å². The Morgan fingerprint density at radius 2 is 1.76 bits per heavy atom. The summed E-state index contributed by atoms with van der Waals surface area (Å²) in [5.41, 5.74) is 3.67. The first-order valence-electron chi connectivity index (χ1n) is 9.87. The van der Waals surface area contributed by atoms with E-state index in [4.69, 9.17) is 4.74 Å². The number of nitrogens with zero attached hydrogens (tertiary/aromatic N) is 1. The highest BCUT2D eigenvalue weighted by molar-refractivity contribution is 6.05. The highest BCUT2D eigenvalue weighted by Gasteiger charge is 2.22. The maximum atomic E-state index is 12.8. The second-order valence-corrected chi connectivity index (χ2v) is 7.26. The molecule has 150 valence electrons. The van der Waals surface area contributed by atoms with E-state index in [1.54, 1.807) is 13.0 Å². The SMILES string of the molecule is CC[C@@H](C)c1ccccc1NC(=O)[C@H](C)OC(=O)c1cc(C)nc2ccccc12. The summed E-state index contributed by atoms with van der Waals surface area (Å²) in [6.07, 6.45) is 0.0334. The average molecular weight is 390 g/mol. The Kier molecular flexibility index (Phi) is 6.27. The van der Waals surface area contributed by atoms with E-state index in [0.717, 1.165) is 28.9 Å². The van der Waals surface area contributed by atoms with Crippen LogP contribution in [-0.2, 0) is 9.53 Å². The highest BCUT2D eigenvalue weighted by Crippen LogP contribution is 2.27. The van der Waals surface area contributed by atoms with Crippen molar-refractivity contribution >= 4 is 28.5 Å². The fourth-order valence-corrected chi connectivity index (χ4v) is 3.25. The van der Waals surface area contributed by atoms with Crippen LogP contribution in [0.3, 0.4) is 0 Å². The molecule has 2 aromatic carbocycles. The van der Waals surface area contributed by atoms with Gasteiger partial charge in [0.1, 0.15) is 0 Å². The minimum atomic E-state index is -0.931. The number of ether oxygens (including phenoxy) is 1. The molecule has 0 bridgehead atoms. The van der Waals surface area contributed by atoms with Crippen LogP contribution < -0.4 is 5.32 Å². The number of pyridine rings is 1. The van der Waals surface area contributed by atoms with Gasteiger partial charge in [-0.25, -0.2) is 4.79 Å². The van der Waals surface area contributed by atoms with E-state index in [1.807, 2.05) is 55.5 Å². The fourth-order valence-electron chi connectivity index (χ4n) is 3.25. The summed E-state index contributed by atoms with van der Waals surface area (Å²) < 4.78 is 5.48. The first kappa shape index (κ1) is 20.5. The van der Waals surface area contributed by atoms with Crippen molar-refractivity contribution in [1.82, 2.24) is 4.98 Å². The van der Waals surface area contributed by atoms with Crippen LogP contribution >= 0.6 is 0 Å². The van der Waals surface area contributed by atoms with Crippen LogP contribution in [0.1, 0.15) is 54.7 Å². The zero-order chi connectivity index (χ0) is 21.0. The fraction of sp³-hybridized carbons (Fsp3) is 0.292. The van der Waals surface area contributed by atoms with Crippen LogP contribution in [0.15, 0.2) is 54.6 Å². The van der Waals surface area contributed by atoms with Crippen molar-refractivity contribution in [2.24, 2.45) is 0 Å². The maximum absolute atomic E-state index is 12.8. The molecule has 0 aliphatic rings. The number of hydrogen-bond acceptors (Lipinski definition) is 4. The standard InChI is InChI=1S/C24H26N2O3/c1-5-15(2)18-10-6-8-12-21(18)26-23(27)17(4)29-24(28)20-14-16(3)25-22-13-9-7-11-19(20)22/h6-15,17H,5H2,1-4H3,(H,26,27)/t15-,17+/m1/s1. The van der Waals surface area contributed by atoms with Crippen molar-refractivity contribution in [2.45, 2.75) is 46.1 Å². The number of hydrogen-bond donors (Lipinski definition) is 1. The molecule has 0 radical (unpaired) electrons. The van der Waals surface area contributed by atoms with Crippen molar-refractivity contribution in [3.05, 3.63) is 71.4 Å². The lowest BCUT2D eigenvalue weighted by Gasteiger charge is -2.18. The number of benzene rings is 2. The van der Waals surface area contributed by atoms with Gasteiger partial charge in [0, 0.05) is 16.8 Å². The van der Waals surface area contributed by atoms with Gasteiger partial charge in [-0.2, -0.15) is 0 Å². The van der Waals surface area contributed by atoms with E-state index < -0.39 is 12.1 Å². The number of aryl methyl sites for hydroxylation is 1. The molecule has 0 unspecified atom stereocenters. The topological polar surface area (TPSA) is 68.3 Å². The highest BCUT2D eigenvalue weighted by atomic mass is 16.5. The maximum Gasteiger partial charge on any atom is 0.339 e. The number of carbonyl (C=O) groups excluding carboxylic acids is 2. The van der Waals surface area contributed by atoms with Crippen LogP contribution in [0.25, 0.3) is 10.9 Å². The number of carbonyl (C=O) groups is 2. The van der Waals surface area contributed by atoms with Crippen molar-refractivity contribution in [3.63, 3.8) is 0 Å². The molecule has 3 rings (SSSR count). The largest absolute Gasteiger partial charge is 0.449 e. The zero-order valence-corrected chi connectivity index (χ0v) is 17.2. The number of nitrogens with one attached hydrogen (secondary N) is 1. The van der Waals surface area contributed by atoms with Crippen LogP contribution in [0.5, 0.6) is 0 Å². The molecular weight excluding hydrogens is 364 g/mol. The smallest absolute Gasteiger partial charge is 0.339 e. The second-order valence-electron chi connectivity index (χ2n) is 7.26. The predicted molar refractivity (Wildman–Crippen MR) is 115 cm³/mol. The molecule has 5 nitrogen and oxygen atoms in total. The molecular formula is C24H26N2O3. The Hall–Kier alpha value is -3.21. The van der Waals surface area contributed by atoms with Gasteiger partial charge in [-0.15, -0.1) is 0 Å². The zero-order valence-electron chi connectivity index (χ0n) is 17.2. The van der Waals surface area contributed by atoms with Gasteiger partial charge in [0.15, 0.2) is 6.10 Å². The number of anilines is 1. The van der Waals surface area contributed by atoms with Crippen LogP contribution in [0.2, 0.25) is 0 Å². The molecule has 0 aliphatic carbocycles. The monoisotopic (exact) mass is 390 g/mol. The van der Waals surface area contributed by atoms with Gasteiger partial charge in [-0.05, 0) is 49.9 Å². The summed E-state index contributed by atoms with van der Waals surface area (Å²) in [5, 5.41) is 3.61. The van der Waals surface area contributed by atoms with E-state index in [9.17, 15) is 9.59 Å². The molecule has 5 heteroatoms. The lowest BCUT2D eigenvalue weighted by molar-refractivity contribution is -0.123. The van der Waals surface area contributed by atoms with Gasteiger partial charge >= 0.3 is 5.97 Å². The lowest BCUT2D eigenvalue weighted by atomic mass is 9.97. The molecule has 1 aromatic heterocycles. The van der Waals surface area contributed by atoms with Gasteiger partial charge < -0.3 is 10.1 Å². The Labute approximate surface area is 171 Å². The van der Waals surface area contributed by atoms with Crippen LogP contribution in [-0.4, -0.2) is 23.0 Å². The molecule has 1 heterocycles. The van der Waals surface area contributed by atoms with Crippen molar-refractivity contribution in [3.8, 4) is 0 Å². The van der Waals surface area contributed by atoms with Gasteiger partial charge in [0.05, 0.1) is 11.1 Å². The Balaban J connectivity index is 1.77. The van der Waals surface area contributed by atoms with E-state index in [2.05, 4.69) is 24.1 Å². The summed E-state index contributed by atoms with van der Waals surface area (Å²) in [6, 6.07) is 16.8. The molecule has 0 spiro atoms. The third kappa shape index (κ3) is 4.62. The lowest BCUT2D eigenvalue weighted by Crippen LogP contribution is -2.30. The summed E-state index contributed by atoms with van der Waals surface area (Å²) in [6.45, 7) is 7.63. The van der Waals surface area contributed by atoms with Crippen molar-refractivity contribution in [1.29, 1.82) is 0 Å². The molecule has 29 heavy (non-hydrogen) atoms. The average Bonchev–Trinajstić information content (AvgIpc) is 2.72. The number of esters is 1. The minimum Gasteiger partial charge on any atom is -0.449 e. The van der Waals surface area contributed by atoms with E-state index >= 15 is 0 Å². The molecule has 3 aromatic rings. The molecule has 0 saturated carbocycles. The molecule has 2 atom stereocenters. The third-order valence-corrected chi connectivity index (χ3v) is 5.08. The van der Waals surface area contributed by atoms with Crippen molar-refractivity contribution in [2.75, 3.05) is 5.32 Å². The van der Waals surface area contributed by atoms with E-state index in [0.29, 0.717) is 16.9 Å². The molecule has 1 N–H and O–H groups in total. The number of fused-ring (bicyclic) bond motifs is 1. The molecule has 1 amide bonds. The number of amides is 1. The van der Waals surface area contributed by atoms with Gasteiger partial charge in [0.25, 0.3) is 5.91 Å². The van der Waals surface area contributed by atoms with E-state index in [-0.39, 0.29) is 5.91 Å². The molecule has 0 aliphatic heterocycles. The first-order valence-corrected chi connectivity index (χ1v) is 9.87. The Morgan fingerprint density at radius 3 is 2.52 bits per heavy atom. The first-order chi connectivity index (χ1) is 13.9. The Morgan fingerprint density at radius 1 is 1.07 bits per heavy atom.